The maximum absolute atomic E-state index is 13.4. The van der Waals surface area contributed by atoms with Crippen molar-refractivity contribution in [3.63, 3.8) is 0 Å². The van der Waals surface area contributed by atoms with Crippen LogP contribution in [0.5, 0.6) is 0 Å². The molecule has 194 valence electrons. The number of hydrogen-bond donors (Lipinski definition) is 3. The number of hydrogen-bond acceptors (Lipinski definition) is 4. The molecule has 0 bridgehead atoms. The summed E-state index contributed by atoms with van der Waals surface area (Å²) in [7, 11) is -1.06. The first-order valence-electron chi connectivity index (χ1n) is 13.9. The predicted molar refractivity (Wildman–Crippen MR) is 142 cm³/mol. The maximum atomic E-state index is 13.4. The minimum absolute atomic E-state index is 0.00484. The van der Waals surface area contributed by atoms with Gasteiger partial charge in [-0.1, -0.05) is 68.4 Å². The van der Waals surface area contributed by atoms with Gasteiger partial charge in [0, 0.05) is 17.9 Å². The molecular formula is C30H37BN2O4. The Bertz CT molecular complexity index is 1190. The van der Waals surface area contributed by atoms with Gasteiger partial charge in [0.05, 0.1) is 12.4 Å². The fourth-order valence-electron chi connectivity index (χ4n) is 8.07. The van der Waals surface area contributed by atoms with E-state index in [0.29, 0.717) is 23.7 Å². The third-order valence-corrected chi connectivity index (χ3v) is 10.4. The Labute approximate surface area is 219 Å². The molecule has 6 nitrogen and oxygen atoms in total. The van der Waals surface area contributed by atoms with E-state index in [1.54, 1.807) is 0 Å². The Morgan fingerprint density at radius 2 is 1.84 bits per heavy atom. The van der Waals surface area contributed by atoms with Gasteiger partial charge in [-0.15, -0.1) is 0 Å². The second-order valence-electron chi connectivity index (χ2n) is 12.0. The Kier molecular flexibility index (Phi) is 6.19. The zero-order valence-electron chi connectivity index (χ0n) is 21.8. The van der Waals surface area contributed by atoms with Crippen LogP contribution in [0.15, 0.2) is 54.6 Å². The van der Waals surface area contributed by atoms with E-state index >= 15 is 0 Å². The summed E-state index contributed by atoms with van der Waals surface area (Å²) in [5, 5.41) is 16.5. The van der Waals surface area contributed by atoms with E-state index in [1.165, 1.54) is 12.0 Å². The predicted octanol–water partition coefficient (Wildman–Crippen LogP) is 3.42. The number of amides is 2. The van der Waals surface area contributed by atoms with Gasteiger partial charge in [-0.2, -0.15) is 0 Å². The molecule has 7 atom stereocenters. The molecule has 0 radical (unpaired) electrons. The van der Waals surface area contributed by atoms with Crippen LogP contribution in [0.25, 0.3) is 0 Å². The molecule has 4 aliphatic rings. The second-order valence-corrected chi connectivity index (χ2v) is 12.0. The summed E-state index contributed by atoms with van der Waals surface area (Å²) in [5.74, 6) is 0.727. The van der Waals surface area contributed by atoms with Crippen molar-refractivity contribution in [3.05, 3.63) is 71.3 Å². The van der Waals surface area contributed by atoms with Crippen molar-refractivity contribution >= 4 is 18.9 Å². The molecule has 0 heterocycles. The van der Waals surface area contributed by atoms with Gasteiger partial charge < -0.3 is 20.3 Å². The minimum Gasteiger partial charge on any atom is -0.426 e. The van der Waals surface area contributed by atoms with Crippen molar-refractivity contribution in [1.29, 1.82) is 0 Å². The highest BCUT2D eigenvalue weighted by Crippen LogP contribution is 2.89. The third kappa shape index (κ3) is 4.02. The van der Waals surface area contributed by atoms with Crippen molar-refractivity contribution in [2.45, 2.75) is 70.4 Å². The van der Waals surface area contributed by atoms with E-state index in [4.69, 9.17) is 4.65 Å². The average molecular weight is 500 g/mol. The fraction of sp³-hybridized carbons (Fsp3) is 0.533. The number of fused-ring (bicyclic) bond motifs is 2. The molecule has 0 aromatic heterocycles. The molecule has 2 amide bonds. The molecule has 0 aliphatic heterocycles. The average Bonchev–Trinajstić information content (AvgIpc) is 3.23. The second kappa shape index (κ2) is 9.28. The van der Waals surface area contributed by atoms with Crippen molar-refractivity contribution in [2.75, 3.05) is 6.44 Å². The molecule has 4 unspecified atom stereocenters. The van der Waals surface area contributed by atoms with Crippen LogP contribution in [0, 0.1) is 22.7 Å². The maximum Gasteiger partial charge on any atom is 0.475 e. The zero-order valence-corrected chi connectivity index (χ0v) is 21.8. The van der Waals surface area contributed by atoms with Crippen LogP contribution in [0.2, 0.25) is 0 Å². The lowest BCUT2D eigenvalue weighted by Crippen LogP contribution is -2.52. The lowest BCUT2D eigenvalue weighted by atomic mass is 9.73. The van der Waals surface area contributed by atoms with E-state index in [9.17, 15) is 14.6 Å². The number of aryl methyl sites for hydroxylation is 1. The Morgan fingerprint density at radius 3 is 2.57 bits per heavy atom. The largest absolute Gasteiger partial charge is 0.475 e. The third-order valence-electron chi connectivity index (χ3n) is 10.4. The van der Waals surface area contributed by atoms with E-state index in [2.05, 4.69) is 30.5 Å². The summed E-state index contributed by atoms with van der Waals surface area (Å²) in [6.07, 6.45) is 5.41. The summed E-state index contributed by atoms with van der Waals surface area (Å²) in [6, 6.07) is 17.1. The van der Waals surface area contributed by atoms with Crippen LogP contribution in [-0.2, 0) is 27.1 Å². The smallest absolute Gasteiger partial charge is 0.426 e. The number of nitrogens with one attached hydrogen (secondary N) is 2. The molecule has 0 saturated heterocycles. The van der Waals surface area contributed by atoms with Crippen LogP contribution in [0.1, 0.15) is 62.1 Å². The van der Waals surface area contributed by atoms with Crippen LogP contribution in [0.3, 0.4) is 0 Å². The molecule has 2 aromatic rings. The van der Waals surface area contributed by atoms with Gasteiger partial charge in [-0.25, -0.2) is 0 Å². The van der Waals surface area contributed by atoms with Crippen LogP contribution < -0.4 is 10.6 Å². The Hall–Kier alpha value is -2.64. The summed E-state index contributed by atoms with van der Waals surface area (Å²) in [5.41, 5.74) is 3.77. The van der Waals surface area contributed by atoms with E-state index in [-0.39, 0.29) is 35.7 Å². The SMILES string of the molecule is CC12C3CC1C2(C)[C@H](OB(O)CNC(=O)[C@H](Cc1ccccc1)NC(=O)[C@H]1CCCc2ccccc21)C3. The van der Waals surface area contributed by atoms with Gasteiger partial charge in [-0.3, -0.25) is 9.59 Å². The van der Waals surface area contributed by atoms with Crippen LogP contribution in [-0.4, -0.2) is 42.5 Å². The van der Waals surface area contributed by atoms with Crippen molar-refractivity contribution < 1.29 is 19.3 Å². The summed E-state index contributed by atoms with van der Waals surface area (Å²) in [6.45, 7) is 4.64. The molecule has 3 N–H and O–H groups in total. The molecule has 3 saturated carbocycles. The monoisotopic (exact) mass is 500 g/mol. The highest BCUT2D eigenvalue weighted by atomic mass is 16.5. The van der Waals surface area contributed by atoms with Crippen LogP contribution in [0.4, 0.5) is 0 Å². The molecule has 0 spiro atoms. The van der Waals surface area contributed by atoms with Crippen LogP contribution >= 0.6 is 0 Å². The normalized spacial score (nSPS) is 33.4. The van der Waals surface area contributed by atoms with Gasteiger partial charge in [0.2, 0.25) is 11.8 Å². The molecule has 6 rings (SSSR count). The van der Waals surface area contributed by atoms with Gasteiger partial charge in [0.15, 0.2) is 0 Å². The molecule has 3 fully saturated rings. The first kappa shape index (κ1) is 24.7. The standard InChI is InChI=1S/C30H37BN2O4/c1-29-21-16-25(29)30(29,2)26(17-21)37-31(36)18-32-28(35)24(15-19-9-4-3-5-10-19)33-27(34)23-14-8-12-20-11-6-7-13-22(20)23/h3-7,9-11,13,21,23-26,36H,8,12,14-18H2,1-2H3,(H,32,35)(H,33,34)/t21?,23-,24-,25?,26+,29?,30?/m0/s1. The quantitative estimate of drug-likeness (QED) is 0.461. The number of carbonyl (C=O) groups is 2. The van der Waals surface area contributed by atoms with E-state index < -0.39 is 13.2 Å². The Morgan fingerprint density at radius 1 is 1.08 bits per heavy atom. The molecular weight excluding hydrogens is 463 g/mol. The highest BCUT2D eigenvalue weighted by molar-refractivity contribution is 6.43. The van der Waals surface area contributed by atoms with Gasteiger partial charge in [-0.05, 0) is 66.0 Å². The van der Waals surface area contributed by atoms with Crippen molar-refractivity contribution in [3.8, 4) is 0 Å². The van der Waals surface area contributed by atoms with Gasteiger partial charge >= 0.3 is 7.12 Å². The minimum atomic E-state index is -1.06. The Balaban J connectivity index is 1.09. The number of rotatable bonds is 9. The highest BCUT2D eigenvalue weighted by Gasteiger charge is 2.86. The molecule has 37 heavy (non-hydrogen) atoms. The van der Waals surface area contributed by atoms with Crippen molar-refractivity contribution in [1.82, 2.24) is 10.6 Å². The summed E-state index contributed by atoms with van der Waals surface area (Å²) < 4.78 is 6.05. The zero-order chi connectivity index (χ0) is 25.8. The summed E-state index contributed by atoms with van der Waals surface area (Å²) >= 11 is 0. The molecule has 4 aliphatic carbocycles. The van der Waals surface area contributed by atoms with Crippen molar-refractivity contribution in [2.24, 2.45) is 22.7 Å². The van der Waals surface area contributed by atoms with Gasteiger partial charge in [0.25, 0.3) is 0 Å². The first-order chi connectivity index (χ1) is 17.8. The lowest BCUT2D eigenvalue weighted by Gasteiger charge is -2.34. The topological polar surface area (TPSA) is 87.7 Å². The van der Waals surface area contributed by atoms with E-state index in [0.717, 1.165) is 36.8 Å². The van der Waals surface area contributed by atoms with Gasteiger partial charge in [0.1, 0.15) is 6.04 Å². The van der Waals surface area contributed by atoms with E-state index in [1.807, 2.05) is 48.5 Å². The first-order valence-corrected chi connectivity index (χ1v) is 13.9. The number of benzene rings is 2. The fourth-order valence-corrected chi connectivity index (χ4v) is 8.07. The molecule has 2 aromatic carbocycles. The summed E-state index contributed by atoms with van der Waals surface area (Å²) in [4.78, 5) is 26.7. The number of carbonyl (C=O) groups excluding carboxylic acids is 2. The molecule has 7 heteroatoms. The lowest BCUT2D eigenvalue weighted by molar-refractivity contribution is -0.129.